The first-order valence-corrected chi connectivity index (χ1v) is 10.8. The van der Waals surface area contributed by atoms with Gasteiger partial charge in [0.1, 0.15) is 17.3 Å². The van der Waals surface area contributed by atoms with E-state index in [1.54, 1.807) is 16.7 Å². The fourth-order valence-electron chi connectivity index (χ4n) is 3.08. The standard InChI is InChI=1S/C24H24ClF3N6O/c1-23(2,35)12-11-19-21(31-13-15-3-7-17(8-4-15)20(29)33-30)34(22(25)32-19)14-16-5-9-18(10-6-16)24(26,27)28/h3-10,31,35H,13-14,30H2,1-2H3,(H2,29,33). The van der Waals surface area contributed by atoms with E-state index in [0.29, 0.717) is 29.2 Å². The van der Waals surface area contributed by atoms with Gasteiger partial charge in [0.2, 0.25) is 5.28 Å². The van der Waals surface area contributed by atoms with E-state index >= 15 is 0 Å². The molecule has 6 N–H and O–H groups in total. The van der Waals surface area contributed by atoms with E-state index < -0.39 is 17.3 Å². The summed E-state index contributed by atoms with van der Waals surface area (Å²) < 4.78 is 40.3. The van der Waals surface area contributed by atoms with Gasteiger partial charge in [0.25, 0.3) is 0 Å². The maximum atomic E-state index is 12.9. The predicted octanol–water partition coefficient (Wildman–Crippen LogP) is 3.92. The number of alkyl halides is 3. The zero-order chi connectivity index (χ0) is 25.8. The number of aromatic nitrogens is 2. The molecule has 3 rings (SSSR count). The molecule has 3 aromatic rings. The second kappa shape index (κ2) is 10.3. The van der Waals surface area contributed by atoms with Crippen molar-refractivity contribution in [1.82, 2.24) is 9.55 Å². The van der Waals surface area contributed by atoms with E-state index in [4.69, 9.17) is 23.2 Å². The monoisotopic (exact) mass is 504 g/mol. The quantitative estimate of drug-likeness (QED) is 0.134. The van der Waals surface area contributed by atoms with Gasteiger partial charge < -0.3 is 22.0 Å². The Hall–Kier alpha value is -3.68. The Morgan fingerprint density at radius 2 is 1.71 bits per heavy atom. The first-order valence-electron chi connectivity index (χ1n) is 10.4. The summed E-state index contributed by atoms with van der Waals surface area (Å²) in [5.41, 5.74) is 6.15. The van der Waals surface area contributed by atoms with Crippen molar-refractivity contribution >= 4 is 23.3 Å². The van der Waals surface area contributed by atoms with Gasteiger partial charge in [-0.15, -0.1) is 0 Å². The number of amidine groups is 1. The van der Waals surface area contributed by atoms with Gasteiger partial charge in [0, 0.05) is 12.1 Å². The Morgan fingerprint density at radius 1 is 1.11 bits per heavy atom. The molecule has 0 bridgehead atoms. The van der Waals surface area contributed by atoms with Crippen molar-refractivity contribution in [3.8, 4) is 11.8 Å². The first-order chi connectivity index (χ1) is 16.4. The van der Waals surface area contributed by atoms with Gasteiger partial charge >= 0.3 is 6.18 Å². The van der Waals surface area contributed by atoms with Crippen LogP contribution in [0, 0.1) is 11.8 Å². The molecule has 1 heterocycles. The number of halogens is 4. The van der Waals surface area contributed by atoms with Crippen LogP contribution in [0.3, 0.4) is 0 Å². The van der Waals surface area contributed by atoms with Crippen molar-refractivity contribution in [2.24, 2.45) is 16.7 Å². The van der Waals surface area contributed by atoms with E-state index in [1.165, 1.54) is 26.0 Å². The lowest BCUT2D eigenvalue weighted by molar-refractivity contribution is -0.137. The summed E-state index contributed by atoms with van der Waals surface area (Å²) in [5, 5.41) is 16.8. The number of nitrogens with two attached hydrogens (primary N) is 2. The van der Waals surface area contributed by atoms with Crippen molar-refractivity contribution in [3.63, 3.8) is 0 Å². The highest BCUT2D eigenvalue weighted by molar-refractivity contribution is 6.28. The maximum Gasteiger partial charge on any atom is 0.416 e. The molecule has 0 amide bonds. The van der Waals surface area contributed by atoms with Gasteiger partial charge in [-0.3, -0.25) is 4.57 Å². The van der Waals surface area contributed by atoms with Crippen molar-refractivity contribution < 1.29 is 18.3 Å². The molecule has 0 spiro atoms. The second-order valence-electron chi connectivity index (χ2n) is 8.23. The zero-order valence-electron chi connectivity index (χ0n) is 19.0. The molecule has 7 nitrogen and oxygen atoms in total. The molecule has 0 radical (unpaired) electrons. The molecule has 0 saturated carbocycles. The Kier molecular flexibility index (Phi) is 7.63. The van der Waals surface area contributed by atoms with Crippen LogP contribution < -0.4 is 16.9 Å². The molecular formula is C24H24ClF3N6O. The van der Waals surface area contributed by atoms with Crippen molar-refractivity contribution in [1.29, 1.82) is 0 Å². The smallest absolute Gasteiger partial charge is 0.382 e. The number of benzene rings is 2. The molecule has 0 aliphatic rings. The van der Waals surface area contributed by atoms with Crippen molar-refractivity contribution in [2.75, 3.05) is 5.32 Å². The molecule has 1 aromatic heterocycles. The third kappa shape index (κ3) is 6.91. The maximum absolute atomic E-state index is 12.9. The van der Waals surface area contributed by atoms with Crippen LogP contribution in [-0.2, 0) is 19.3 Å². The summed E-state index contributed by atoms with van der Waals surface area (Å²) in [4.78, 5) is 4.28. The summed E-state index contributed by atoms with van der Waals surface area (Å²) in [7, 11) is 0. The number of hydrogen-bond donors (Lipinski definition) is 4. The fourth-order valence-corrected chi connectivity index (χ4v) is 3.31. The van der Waals surface area contributed by atoms with E-state index in [0.717, 1.165) is 17.7 Å². The lowest BCUT2D eigenvalue weighted by Gasteiger charge is -2.13. The lowest BCUT2D eigenvalue weighted by Crippen LogP contribution is -2.15. The fraction of sp³-hybridized carbons (Fsp3) is 0.250. The van der Waals surface area contributed by atoms with E-state index in [2.05, 4.69) is 27.2 Å². The van der Waals surface area contributed by atoms with E-state index in [-0.39, 0.29) is 17.7 Å². The first kappa shape index (κ1) is 25.9. The average molecular weight is 505 g/mol. The Morgan fingerprint density at radius 3 is 2.26 bits per heavy atom. The van der Waals surface area contributed by atoms with E-state index in [9.17, 15) is 18.3 Å². The lowest BCUT2D eigenvalue weighted by atomic mass is 10.1. The summed E-state index contributed by atoms with van der Waals surface area (Å²) >= 11 is 6.37. The molecule has 0 aliphatic heterocycles. The third-order valence-electron chi connectivity index (χ3n) is 4.88. The SMILES string of the molecule is CC(C)(O)C#Cc1nc(Cl)n(Cc2ccc(C(F)(F)F)cc2)c1NCc1ccc(/C(N)=N/N)cc1. The molecule has 35 heavy (non-hydrogen) atoms. The molecule has 0 aliphatic carbocycles. The highest BCUT2D eigenvalue weighted by atomic mass is 35.5. The molecule has 0 unspecified atom stereocenters. The molecule has 184 valence electrons. The second-order valence-corrected chi connectivity index (χ2v) is 8.57. The third-order valence-corrected chi connectivity index (χ3v) is 5.17. The molecule has 2 aromatic carbocycles. The van der Waals surface area contributed by atoms with Crippen LogP contribution in [-0.4, -0.2) is 26.1 Å². The number of hydrazone groups is 1. The topological polar surface area (TPSA) is 114 Å². The van der Waals surface area contributed by atoms with Crippen molar-refractivity contribution in [2.45, 2.75) is 38.7 Å². The van der Waals surface area contributed by atoms with Gasteiger partial charge in [-0.25, -0.2) is 4.98 Å². The zero-order valence-corrected chi connectivity index (χ0v) is 19.7. The largest absolute Gasteiger partial charge is 0.416 e. The number of nitrogens with one attached hydrogen (secondary N) is 1. The molecule has 0 fully saturated rings. The average Bonchev–Trinajstić information content (AvgIpc) is 3.09. The predicted molar refractivity (Wildman–Crippen MR) is 130 cm³/mol. The summed E-state index contributed by atoms with van der Waals surface area (Å²) in [6.45, 7) is 3.57. The van der Waals surface area contributed by atoms with Crippen LogP contribution in [0.15, 0.2) is 53.6 Å². The number of rotatable bonds is 6. The van der Waals surface area contributed by atoms with Crippen LogP contribution in [0.2, 0.25) is 5.28 Å². The normalized spacial score (nSPS) is 12.3. The Labute approximate surface area is 205 Å². The van der Waals surface area contributed by atoms with Crippen molar-refractivity contribution in [3.05, 3.63) is 81.8 Å². The van der Waals surface area contributed by atoms with Crippen LogP contribution in [0.4, 0.5) is 19.0 Å². The number of imidazole rings is 1. The highest BCUT2D eigenvalue weighted by Gasteiger charge is 2.30. The molecule has 0 atom stereocenters. The van der Waals surface area contributed by atoms with E-state index in [1.807, 2.05) is 12.1 Å². The minimum absolute atomic E-state index is 0.0923. The molecular weight excluding hydrogens is 481 g/mol. The number of anilines is 1. The summed E-state index contributed by atoms with van der Waals surface area (Å²) in [5.74, 6) is 11.4. The minimum atomic E-state index is -4.42. The highest BCUT2D eigenvalue weighted by Crippen LogP contribution is 2.30. The number of hydrogen-bond acceptors (Lipinski definition) is 5. The Bertz CT molecular complexity index is 1260. The van der Waals surface area contributed by atoms with Gasteiger partial charge in [0.15, 0.2) is 5.69 Å². The van der Waals surface area contributed by atoms with Gasteiger partial charge in [-0.2, -0.15) is 18.3 Å². The van der Waals surface area contributed by atoms with Crippen LogP contribution in [0.5, 0.6) is 0 Å². The summed E-state index contributed by atoms with van der Waals surface area (Å²) in [6, 6.07) is 12.0. The molecule has 11 heteroatoms. The van der Waals surface area contributed by atoms with Crippen LogP contribution in [0.25, 0.3) is 0 Å². The van der Waals surface area contributed by atoms with Gasteiger partial charge in [0.05, 0.1) is 12.1 Å². The number of aliphatic hydroxyl groups is 1. The number of nitrogens with zero attached hydrogens (tertiary/aromatic N) is 3. The van der Waals surface area contributed by atoms with Crippen LogP contribution in [0.1, 0.15) is 41.8 Å². The van der Waals surface area contributed by atoms with Gasteiger partial charge in [-0.1, -0.05) is 42.3 Å². The van der Waals surface area contributed by atoms with Gasteiger partial charge in [-0.05, 0) is 54.6 Å². The minimum Gasteiger partial charge on any atom is -0.382 e. The molecule has 0 saturated heterocycles. The summed E-state index contributed by atoms with van der Waals surface area (Å²) in [6.07, 6.45) is -4.42. The van der Waals surface area contributed by atoms with Crippen LogP contribution >= 0.6 is 11.6 Å². The Balaban J connectivity index is 1.91.